The van der Waals surface area contributed by atoms with Crippen LogP contribution in [0.5, 0.6) is 5.75 Å². The molecule has 0 aliphatic rings. The van der Waals surface area contributed by atoms with Crippen molar-refractivity contribution in [1.29, 1.82) is 0 Å². The van der Waals surface area contributed by atoms with Crippen LogP contribution in [-0.4, -0.2) is 5.11 Å². The van der Waals surface area contributed by atoms with Gasteiger partial charge < -0.3 is 9.84 Å². The molecule has 0 aliphatic carbocycles. The fraction of sp³-hybridized carbons (Fsp3) is 0.250. The zero-order valence-corrected chi connectivity index (χ0v) is 11.7. The molecule has 2 rings (SSSR count). The highest BCUT2D eigenvalue weighted by Crippen LogP contribution is 2.26. The first kappa shape index (κ1) is 13.9. The van der Waals surface area contributed by atoms with Crippen molar-refractivity contribution in [3.63, 3.8) is 0 Å². The first-order valence-corrected chi connectivity index (χ1v) is 6.70. The van der Waals surface area contributed by atoms with Crippen LogP contribution in [0.1, 0.15) is 23.6 Å². The lowest BCUT2D eigenvalue weighted by Crippen LogP contribution is -1.97. The van der Waals surface area contributed by atoms with Crippen LogP contribution < -0.4 is 4.74 Å². The molecule has 100 valence electrons. The maximum atomic E-state index is 9.01. The van der Waals surface area contributed by atoms with Crippen LogP contribution in [0.15, 0.2) is 42.5 Å². The summed E-state index contributed by atoms with van der Waals surface area (Å²) in [7, 11) is 0. The van der Waals surface area contributed by atoms with Gasteiger partial charge in [0.15, 0.2) is 0 Å². The van der Waals surface area contributed by atoms with Gasteiger partial charge in [-0.2, -0.15) is 0 Å². The van der Waals surface area contributed by atoms with Crippen molar-refractivity contribution in [3.05, 3.63) is 64.2 Å². The van der Waals surface area contributed by atoms with Crippen molar-refractivity contribution < 1.29 is 9.84 Å². The number of hydrogen-bond acceptors (Lipinski definition) is 2. The third kappa shape index (κ3) is 3.72. The van der Waals surface area contributed by atoms with Crippen LogP contribution in [0.4, 0.5) is 0 Å². The normalized spacial score (nSPS) is 10.5. The molecule has 3 heteroatoms. The van der Waals surface area contributed by atoms with Gasteiger partial charge in [-0.05, 0) is 35.2 Å². The molecule has 0 aliphatic heterocycles. The summed E-state index contributed by atoms with van der Waals surface area (Å²) in [6, 6.07) is 13.7. The number of halogens is 1. The highest BCUT2D eigenvalue weighted by atomic mass is 35.5. The number of aliphatic hydroxyl groups excluding tert-OH is 1. The Labute approximate surface area is 118 Å². The number of aryl methyl sites for hydroxylation is 1. The molecule has 0 heterocycles. The maximum absolute atomic E-state index is 9.01. The predicted octanol–water partition coefficient (Wildman–Crippen LogP) is 3.97. The summed E-state index contributed by atoms with van der Waals surface area (Å²) in [5.74, 6) is 0.637. The largest absolute Gasteiger partial charge is 0.487 e. The van der Waals surface area contributed by atoms with Crippen molar-refractivity contribution in [2.24, 2.45) is 0 Å². The van der Waals surface area contributed by atoms with Gasteiger partial charge in [0, 0.05) is 0 Å². The molecule has 0 saturated carbocycles. The molecule has 2 nitrogen and oxygen atoms in total. The zero-order valence-electron chi connectivity index (χ0n) is 10.9. The van der Waals surface area contributed by atoms with E-state index in [1.807, 2.05) is 0 Å². The Balaban J connectivity index is 2.01. The summed E-state index contributed by atoms with van der Waals surface area (Å²) in [6.45, 7) is 2.61. The molecular formula is C16H17ClO2. The van der Waals surface area contributed by atoms with E-state index in [2.05, 4.69) is 31.2 Å². The Morgan fingerprint density at radius 3 is 2.21 bits per heavy atom. The summed E-state index contributed by atoms with van der Waals surface area (Å²) < 4.78 is 5.68. The summed E-state index contributed by atoms with van der Waals surface area (Å²) >= 11 is 6.09. The minimum atomic E-state index is -0.0154. The molecule has 19 heavy (non-hydrogen) atoms. The molecule has 0 spiro atoms. The van der Waals surface area contributed by atoms with Gasteiger partial charge in [0.1, 0.15) is 12.4 Å². The molecule has 1 N–H and O–H groups in total. The quantitative estimate of drug-likeness (QED) is 0.895. The van der Waals surface area contributed by atoms with Crippen molar-refractivity contribution in [1.82, 2.24) is 0 Å². The fourth-order valence-corrected chi connectivity index (χ4v) is 2.05. The van der Waals surface area contributed by atoms with Crippen LogP contribution in [0, 0.1) is 0 Å². The van der Waals surface area contributed by atoms with Gasteiger partial charge in [-0.3, -0.25) is 0 Å². The molecule has 0 radical (unpaired) electrons. The van der Waals surface area contributed by atoms with E-state index in [0.717, 1.165) is 17.5 Å². The van der Waals surface area contributed by atoms with Crippen molar-refractivity contribution >= 4 is 11.6 Å². The summed E-state index contributed by atoms with van der Waals surface area (Å²) in [6.07, 6.45) is 1.04. The van der Waals surface area contributed by atoms with Gasteiger partial charge in [0.2, 0.25) is 0 Å². The van der Waals surface area contributed by atoms with E-state index in [1.165, 1.54) is 5.56 Å². The van der Waals surface area contributed by atoms with Gasteiger partial charge in [-0.25, -0.2) is 0 Å². The van der Waals surface area contributed by atoms with Crippen molar-refractivity contribution in [2.45, 2.75) is 26.6 Å². The van der Waals surface area contributed by atoms with Crippen molar-refractivity contribution in [3.8, 4) is 5.75 Å². The molecule has 0 fully saturated rings. The average molecular weight is 277 g/mol. The predicted molar refractivity (Wildman–Crippen MR) is 77.5 cm³/mol. The van der Waals surface area contributed by atoms with Crippen LogP contribution >= 0.6 is 11.6 Å². The number of aliphatic hydroxyl groups is 1. The molecule has 0 amide bonds. The van der Waals surface area contributed by atoms with E-state index >= 15 is 0 Å². The van der Waals surface area contributed by atoms with Gasteiger partial charge in [0.25, 0.3) is 0 Å². The Morgan fingerprint density at radius 2 is 1.63 bits per heavy atom. The summed E-state index contributed by atoms with van der Waals surface area (Å²) in [5.41, 5.74) is 3.21. The highest BCUT2D eigenvalue weighted by Gasteiger charge is 2.03. The monoisotopic (exact) mass is 276 g/mol. The topological polar surface area (TPSA) is 29.5 Å². The number of benzene rings is 2. The Kier molecular flexibility index (Phi) is 4.83. The van der Waals surface area contributed by atoms with E-state index in [0.29, 0.717) is 17.4 Å². The van der Waals surface area contributed by atoms with E-state index < -0.39 is 0 Å². The SMILES string of the molecule is CCc1ccc(COc2ccc(CO)cc2Cl)cc1. The van der Waals surface area contributed by atoms with Crippen LogP contribution in [0.3, 0.4) is 0 Å². The third-order valence-corrected chi connectivity index (χ3v) is 3.30. The summed E-state index contributed by atoms with van der Waals surface area (Å²) in [4.78, 5) is 0. The van der Waals surface area contributed by atoms with Gasteiger partial charge in [0.05, 0.1) is 11.6 Å². The van der Waals surface area contributed by atoms with Gasteiger partial charge >= 0.3 is 0 Å². The Morgan fingerprint density at radius 1 is 1.00 bits per heavy atom. The minimum Gasteiger partial charge on any atom is -0.487 e. The first-order valence-electron chi connectivity index (χ1n) is 6.33. The second-order valence-corrected chi connectivity index (χ2v) is 4.79. The van der Waals surface area contributed by atoms with Gasteiger partial charge in [-0.1, -0.05) is 48.9 Å². The Bertz CT molecular complexity index is 535. The molecule has 0 unspecified atom stereocenters. The molecule has 2 aromatic carbocycles. The zero-order chi connectivity index (χ0) is 13.7. The van der Waals surface area contributed by atoms with Gasteiger partial charge in [-0.15, -0.1) is 0 Å². The van der Waals surface area contributed by atoms with Crippen LogP contribution in [0.25, 0.3) is 0 Å². The smallest absolute Gasteiger partial charge is 0.138 e. The number of ether oxygens (including phenoxy) is 1. The van der Waals surface area contributed by atoms with Crippen LogP contribution in [0.2, 0.25) is 5.02 Å². The number of rotatable bonds is 5. The molecule has 0 saturated heterocycles. The van der Waals surface area contributed by atoms with Crippen molar-refractivity contribution in [2.75, 3.05) is 0 Å². The minimum absolute atomic E-state index is 0.0154. The lowest BCUT2D eigenvalue weighted by molar-refractivity contribution is 0.281. The molecular weight excluding hydrogens is 260 g/mol. The molecule has 0 bridgehead atoms. The lowest BCUT2D eigenvalue weighted by Gasteiger charge is -2.09. The first-order chi connectivity index (χ1) is 9.22. The third-order valence-electron chi connectivity index (χ3n) is 3.00. The number of hydrogen-bond donors (Lipinski definition) is 1. The van der Waals surface area contributed by atoms with E-state index in [9.17, 15) is 0 Å². The second-order valence-electron chi connectivity index (χ2n) is 4.38. The molecule has 0 atom stereocenters. The molecule has 2 aromatic rings. The highest BCUT2D eigenvalue weighted by molar-refractivity contribution is 6.32. The van der Waals surface area contributed by atoms with E-state index in [-0.39, 0.29) is 6.61 Å². The lowest BCUT2D eigenvalue weighted by atomic mass is 10.1. The van der Waals surface area contributed by atoms with Crippen LogP contribution in [-0.2, 0) is 19.6 Å². The second kappa shape index (κ2) is 6.60. The maximum Gasteiger partial charge on any atom is 0.138 e. The van der Waals surface area contributed by atoms with E-state index in [1.54, 1.807) is 18.2 Å². The summed E-state index contributed by atoms with van der Waals surface area (Å²) in [5, 5.41) is 9.54. The Hall–Kier alpha value is -1.51. The standard InChI is InChI=1S/C16H17ClO2/c1-2-12-3-5-13(6-4-12)11-19-16-8-7-14(10-18)9-15(16)17/h3-9,18H,2,10-11H2,1H3. The van der Waals surface area contributed by atoms with E-state index in [4.69, 9.17) is 21.4 Å². The molecule has 0 aromatic heterocycles. The average Bonchev–Trinajstić information content (AvgIpc) is 2.46. The fourth-order valence-electron chi connectivity index (χ4n) is 1.79.